The fourth-order valence-electron chi connectivity index (χ4n) is 2.37. The van der Waals surface area contributed by atoms with Crippen LogP contribution in [0.25, 0.3) is 0 Å². The molecular formula is C16H23NO2S. The zero-order chi connectivity index (χ0) is 14.8. The molecular weight excluding hydrogens is 270 g/mol. The summed E-state index contributed by atoms with van der Waals surface area (Å²) < 4.78 is 0. The molecule has 0 bridgehead atoms. The number of hydrogen-bond acceptors (Lipinski definition) is 3. The molecule has 0 saturated heterocycles. The maximum atomic E-state index is 11.5. The van der Waals surface area contributed by atoms with E-state index in [-0.39, 0.29) is 0 Å². The van der Waals surface area contributed by atoms with Crippen molar-refractivity contribution in [1.29, 1.82) is 0 Å². The molecule has 0 heterocycles. The van der Waals surface area contributed by atoms with Crippen LogP contribution >= 0.6 is 11.8 Å². The largest absolute Gasteiger partial charge is 0.480 e. The molecule has 0 aliphatic heterocycles. The lowest BCUT2D eigenvalue weighted by atomic mass is 10.1. The molecule has 4 heteroatoms. The van der Waals surface area contributed by atoms with Gasteiger partial charge in [0.2, 0.25) is 0 Å². The van der Waals surface area contributed by atoms with E-state index in [1.807, 2.05) is 0 Å². The molecule has 0 aromatic heterocycles. The molecule has 1 saturated carbocycles. The third kappa shape index (κ3) is 4.25. The average molecular weight is 293 g/mol. The monoisotopic (exact) mass is 293 g/mol. The highest BCUT2D eigenvalue weighted by molar-refractivity contribution is 7.98. The smallest absolute Gasteiger partial charge is 0.324 e. The molecule has 1 unspecified atom stereocenters. The Hall–Kier alpha value is -1.00. The summed E-state index contributed by atoms with van der Waals surface area (Å²) in [5.41, 5.74) is 2.98. The molecule has 20 heavy (non-hydrogen) atoms. The quantitative estimate of drug-likeness (QED) is 0.811. The Morgan fingerprint density at radius 3 is 2.45 bits per heavy atom. The van der Waals surface area contributed by atoms with Gasteiger partial charge in [0, 0.05) is 17.5 Å². The van der Waals surface area contributed by atoms with Crippen molar-refractivity contribution in [1.82, 2.24) is 5.32 Å². The van der Waals surface area contributed by atoms with Crippen molar-refractivity contribution < 1.29 is 9.90 Å². The first kappa shape index (κ1) is 15.4. The molecule has 1 fully saturated rings. The highest BCUT2D eigenvalue weighted by Crippen LogP contribution is 2.26. The fraction of sp³-hybridized carbons (Fsp3) is 0.562. The molecule has 1 aromatic carbocycles. The molecule has 2 N–H and O–H groups in total. The van der Waals surface area contributed by atoms with Crippen LogP contribution in [-0.4, -0.2) is 28.4 Å². The van der Waals surface area contributed by atoms with Crippen LogP contribution < -0.4 is 5.32 Å². The van der Waals surface area contributed by atoms with Gasteiger partial charge in [-0.1, -0.05) is 29.3 Å². The standard InChI is InChI=1S/C16H23NO2S/c1-11-6-12(2)8-13(7-11)9-20-10-16(3,15(18)19)17-14-4-5-14/h6-8,14,17H,4-5,9-10H2,1-3H3,(H,18,19). The van der Waals surface area contributed by atoms with Crippen LogP contribution in [0.1, 0.15) is 36.5 Å². The second kappa shape index (κ2) is 6.19. The van der Waals surface area contributed by atoms with Crippen LogP contribution in [0.4, 0.5) is 0 Å². The van der Waals surface area contributed by atoms with Crippen molar-refractivity contribution in [2.45, 2.75) is 50.9 Å². The molecule has 1 aliphatic rings. The third-order valence-corrected chi connectivity index (χ3v) is 4.83. The number of carbonyl (C=O) groups is 1. The molecule has 0 amide bonds. The summed E-state index contributed by atoms with van der Waals surface area (Å²) in [6.45, 7) is 5.98. The number of aryl methyl sites for hydroxylation is 2. The average Bonchev–Trinajstić information content (AvgIpc) is 3.11. The molecule has 2 rings (SSSR count). The van der Waals surface area contributed by atoms with E-state index in [4.69, 9.17) is 0 Å². The van der Waals surface area contributed by atoms with E-state index >= 15 is 0 Å². The second-order valence-electron chi connectivity index (χ2n) is 6.04. The van der Waals surface area contributed by atoms with Gasteiger partial charge in [0.15, 0.2) is 0 Å². The Morgan fingerprint density at radius 2 is 1.95 bits per heavy atom. The van der Waals surface area contributed by atoms with Crippen molar-refractivity contribution in [3.05, 3.63) is 34.9 Å². The summed E-state index contributed by atoms with van der Waals surface area (Å²) in [6.07, 6.45) is 2.20. The number of rotatable bonds is 7. The number of aliphatic carboxylic acids is 1. The number of benzene rings is 1. The van der Waals surface area contributed by atoms with Gasteiger partial charge in [-0.2, -0.15) is 11.8 Å². The predicted octanol–water partition coefficient (Wildman–Crippen LogP) is 3.13. The van der Waals surface area contributed by atoms with Gasteiger partial charge in [0.1, 0.15) is 5.54 Å². The summed E-state index contributed by atoms with van der Waals surface area (Å²) in [7, 11) is 0. The van der Waals surface area contributed by atoms with E-state index in [0.717, 1.165) is 18.6 Å². The van der Waals surface area contributed by atoms with Gasteiger partial charge in [0.05, 0.1) is 0 Å². The maximum Gasteiger partial charge on any atom is 0.324 e. The second-order valence-corrected chi connectivity index (χ2v) is 7.03. The predicted molar refractivity (Wildman–Crippen MR) is 84.3 cm³/mol. The van der Waals surface area contributed by atoms with Crippen molar-refractivity contribution in [3.63, 3.8) is 0 Å². The Morgan fingerprint density at radius 1 is 1.35 bits per heavy atom. The lowest BCUT2D eigenvalue weighted by Gasteiger charge is -2.26. The van der Waals surface area contributed by atoms with Crippen LogP contribution in [0.15, 0.2) is 18.2 Å². The molecule has 1 atom stereocenters. The Kier molecular flexibility index (Phi) is 4.76. The summed E-state index contributed by atoms with van der Waals surface area (Å²) in [5.74, 6) is 0.695. The van der Waals surface area contributed by atoms with Gasteiger partial charge in [-0.15, -0.1) is 0 Å². The third-order valence-electron chi connectivity index (χ3n) is 3.51. The van der Waals surface area contributed by atoms with E-state index in [0.29, 0.717) is 11.8 Å². The molecule has 1 aromatic rings. The molecule has 3 nitrogen and oxygen atoms in total. The van der Waals surface area contributed by atoms with E-state index < -0.39 is 11.5 Å². The van der Waals surface area contributed by atoms with Crippen molar-refractivity contribution in [3.8, 4) is 0 Å². The SMILES string of the molecule is Cc1cc(C)cc(CSCC(C)(NC2CC2)C(=O)O)c1. The lowest BCUT2D eigenvalue weighted by Crippen LogP contribution is -2.52. The maximum absolute atomic E-state index is 11.5. The summed E-state index contributed by atoms with van der Waals surface area (Å²) in [6, 6.07) is 6.90. The first-order valence-electron chi connectivity index (χ1n) is 7.05. The first-order chi connectivity index (χ1) is 9.39. The topological polar surface area (TPSA) is 49.3 Å². The number of thioether (sulfide) groups is 1. The van der Waals surface area contributed by atoms with Crippen LogP contribution in [0.2, 0.25) is 0 Å². The van der Waals surface area contributed by atoms with E-state index in [1.54, 1.807) is 18.7 Å². The molecule has 0 spiro atoms. The van der Waals surface area contributed by atoms with Crippen LogP contribution in [0.3, 0.4) is 0 Å². The van der Waals surface area contributed by atoms with E-state index in [1.165, 1.54) is 16.7 Å². The normalized spacial score (nSPS) is 17.8. The van der Waals surface area contributed by atoms with Gasteiger partial charge in [-0.05, 0) is 39.2 Å². The number of carboxylic acids is 1. The minimum Gasteiger partial charge on any atom is -0.480 e. The number of carboxylic acid groups (broad SMARTS) is 1. The van der Waals surface area contributed by atoms with Gasteiger partial charge >= 0.3 is 5.97 Å². The lowest BCUT2D eigenvalue weighted by molar-refractivity contribution is -0.143. The van der Waals surface area contributed by atoms with Crippen LogP contribution in [0, 0.1) is 13.8 Å². The van der Waals surface area contributed by atoms with Gasteiger partial charge in [0.25, 0.3) is 0 Å². The van der Waals surface area contributed by atoms with Gasteiger partial charge < -0.3 is 5.11 Å². The van der Waals surface area contributed by atoms with Gasteiger partial charge in [-0.3, -0.25) is 10.1 Å². The highest BCUT2D eigenvalue weighted by Gasteiger charge is 2.38. The Labute approximate surface area is 125 Å². The van der Waals surface area contributed by atoms with Crippen molar-refractivity contribution >= 4 is 17.7 Å². The van der Waals surface area contributed by atoms with Gasteiger partial charge in [-0.25, -0.2) is 0 Å². The first-order valence-corrected chi connectivity index (χ1v) is 8.20. The van der Waals surface area contributed by atoms with E-state index in [2.05, 4.69) is 37.4 Å². The zero-order valence-corrected chi connectivity index (χ0v) is 13.2. The Bertz CT molecular complexity index is 479. The van der Waals surface area contributed by atoms with Crippen molar-refractivity contribution in [2.75, 3.05) is 5.75 Å². The minimum absolute atomic E-state index is 0.401. The van der Waals surface area contributed by atoms with E-state index in [9.17, 15) is 9.90 Å². The van der Waals surface area contributed by atoms with Crippen LogP contribution in [-0.2, 0) is 10.5 Å². The number of nitrogens with one attached hydrogen (secondary N) is 1. The zero-order valence-electron chi connectivity index (χ0n) is 12.4. The highest BCUT2D eigenvalue weighted by atomic mass is 32.2. The van der Waals surface area contributed by atoms with Crippen LogP contribution in [0.5, 0.6) is 0 Å². The summed E-state index contributed by atoms with van der Waals surface area (Å²) in [5, 5.41) is 12.7. The molecule has 0 radical (unpaired) electrons. The fourth-order valence-corrected chi connectivity index (χ4v) is 3.49. The molecule has 110 valence electrons. The summed E-state index contributed by atoms with van der Waals surface area (Å²) >= 11 is 1.69. The van der Waals surface area contributed by atoms with Crippen molar-refractivity contribution in [2.24, 2.45) is 0 Å². The minimum atomic E-state index is -0.815. The number of hydrogen-bond donors (Lipinski definition) is 2. The summed E-state index contributed by atoms with van der Waals surface area (Å²) in [4.78, 5) is 11.5. The Balaban J connectivity index is 1.90. The molecule has 1 aliphatic carbocycles.